The highest BCUT2D eigenvalue weighted by Crippen LogP contribution is 2.38. The van der Waals surface area contributed by atoms with Crippen LogP contribution in [0.25, 0.3) is 0 Å². The molecule has 1 aliphatic rings. The maximum absolute atomic E-state index is 12.5. The molecule has 0 radical (unpaired) electrons. The number of amides is 1. The van der Waals surface area contributed by atoms with Crippen LogP contribution in [0.4, 0.5) is 4.79 Å². The molecule has 3 heteroatoms. The molecule has 1 amide bonds. The Morgan fingerprint density at radius 3 is 2.44 bits per heavy atom. The van der Waals surface area contributed by atoms with E-state index in [9.17, 15) is 4.79 Å². The Morgan fingerprint density at radius 1 is 1.08 bits per heavy atom. The number of benzene rings is 2. The van der Waals surface area contributed by atoms with Gasteiger partial charge in [0.25, 0.3) is 0 Å². The van der Waals surface area contributed by atoms with E-state index in [-0.39, 0.29) is 12.1 Å². The first-order valence-electron chi connectivity index (χ1n) is 9.19. The third-order valence-corrected chi connectivity index (χ3v) is 4.78. The van der Waals surface area contributed by atoms with Crippen LogP contribution in [0.15, 0.2) is 48.5 Å². The second-order valence-corrected chi connectivity index (χ2v) is 7.30. The zero-order valence-electron chi connectivity index (χ0n) is 15.3. The van der Waals surface area contributed by atoms with Crippen LogP contribution in [0, 0.1) is 5.92 Å². The van der Waals surface area contributed by atoms with E-state index in [2.05, 4.69) is 37.4 Å². The van der Waals surface area contributed by atoms with Crippen LogP contribution in [-0.2, 0) is 6.42 Å². The molecular weight excluding hydrogens is 310 g/mol. The van der Waals surface area contributed by atoms with E-state index in [0.717, 1.165) is 34.8 Å². The summed E-state index contributed by atoms with van der Waals surface area (Å²) in [4.78, 5) is 12.5. The lowest BCUT2D eigenvalue weighted by Crippen LogP contribution is -2.30. The molecule has 0 heterocycles. The van der Waals surface area contributed by atoms with Gasteiger partial charge in [-0.25, -0.2) is 4.79 Å². The van der Waals surface area contributed by atoms with Crippen LogP contribution >= 0.6 is 0 Å². The van der Waals surface area contributed by atoms with Crippen LogP contribution in [0.3, 0.4) is 0 Å². The monoisotopic (exact) mass is 337 g/mol. The van der Waals surface area contributed by atoms with Gasteiger partial charge in [-0.3, -0.25) is 0 Å². The number of carbonyl (C=O) groups excluding carboxylic acids is 1. The molecule has 1 N–H and O–H groups in total. The average Bonchev–Trinajstić information content (AvgIpc) is 3.41. The van der Waals surface area contributed by atoms with Crippen molar-refractivity contribution in [1.82, 2.24) is 5.32 Å². The van der Waals surface area contributed by atoms with Crippen molar-refractivity contribution in [1.29, 1.82) is 0 Å². The summed E-state index contributed by atoms with van der Waals surface area (Å²) in [6.45, 7) is 6.23. The van der Waals surface area contributed by atoms with Gasteiger partial charge in [0.05, 0.1) is 6.04 Å². The standard InChI is InChI=1S/C22H27NO2/c1-15(2)20-11-7-10-19(14-17-12-13-17)21(20)25-22(24)23-16(3)18-8-5-4-6-9-18/h4-11,15-17H,12-14H2,1-3H3,(H,23,24). The molecule has 1 unspecified atom stereocenters. The second-order valence-electron chi connectivity index (χ2n) is 7.30. The number of carbonyl (C=O) groups is 1. The highest BCUT2D eigenvalue weighted by Gasteiger charge is 2.25. The number of para-hydroxylation sites is 1. The molecule has 3 nitrogen and oxygen atoms in total. The van der Waals surface area contributed by atoms with Gasteiger partial charge in [0.1, 0.15) is 5.75 Å². The third-order valence-electron chi connectivity index (χ3n) is 4.78. The average molecular weight is 337 g/mol. The Bertz CT molecular complexity index is 720. The molecule has 1 saturated carbocycles. The van der Waals surface area contributed by atoms with Crippen LogP contribution < -0.4 is 10.1 Å². The van der Waals surface area contributed by atoms with E-state index >= 15 is 0 Å². The number of nitrogens with one attached hydrogen (secondary N) is 1. The highest BCUT2D eigenvalue weighted by atomic mass is 16.6. The van der Waals surface area contributed by atoms with Gasteiger partial charge in [-0.15, -0.1) is 0 Å². The predicted molar refractivity (Wildman–Crippen MR) is 101 cm³/mol. The number of rotatable bonds is 6. The summed E-state index contributed by atoms with van der Waals surface area (Å²) in [6, 6.07) is 16.1. The van der Waals surface area contributed by atoms with Crippen molar-refractivity contribution >= 4 is 6.09 Å². The molecule has 2 aromatic carbocycles. The largest absolute Gasteiger partial charge is 0.413 e. The van der Waals surface area contributed by atoms with Crippen LogP contribution in [0.5, 0.6) is 5.75 Å². The fourth-order valence-corrected chi connectivity index (χ4v) is 3.10. The van der Waals surface area contributed by atoms with Gasteiger partial charge in [0.15, 0.2) is 0 Å². The molecule has 2 aromatic rings. The van der Waals surface area contributed by atoms with E-state index < -0.39 is 0 Å². The molecular formula is C22H27NO2. The Hall–Kier alpha value is -2.29. The number of hydrogen-bond acceptors (Lipinski definition) is 2. The maximum atomic E-state index is 12.5. The lowest BCUT2D eigenvalue weighted by molar-refractivity contribution is 0.196. The molecule has 0 saturated heterocycles. The summed E-state index contributed by atoms with van der Waals surface area (Å²) >= 11 is 0. The molecule has 1 atom stereocenters. The molecule has 1 aliphatic carbocycles. The minimum atomic E-state index is -0.387. The fraction of sp³-hybridized carbons (Fsp3) is 0.409. The molecule has 132 valence electrons. The van der Waals surface area contributed by atoms with Gasteiger partial charge in [0.2, 0.25) is 0 Å². The molecule has 0 aliphatic heterocycles. The summed E-state index contributed by atoms with van der Waals surface area (Å²) in [6.07, 6.45) is 3.17. The molecule has 0 aromatic heterocycles. The van der Waals surface area contributed by atoms with Crippen molar-refractivity contribution in [3.8, 4) is 5.75 Å². The normalized spacial score (nSPS) is 15.0. The zero-order valence-corrected chi connectivity index (χ0v) is 15.3. The minimum absolute atomic E-state index is 0.0909. The summed E-state index contributed by atoms with van der Waals surface area (Å²) in [5.41, 5.74) is 3.31. The summed E-state index contributed by atoms with van der Waals surface area (Å²) in [5.74, 6) is 1.81. The Balaban J connectivity index is 1.75. The Morgan fingerprint density at radius 2 is 1.80 bits per heavy atom. The second kappa shape index (κ2) is 7.73. The zero-order chi connectivity index (χ0) is 17.8. The molecule has 25 heavy (non-hydrogen) atoms. The van der Waals surface area contributed by atoms with Crippen molar-refractivity contribution < 1.29 is 9.53 Å². The highest BCUT2D eigenvalue weighted by molar-refractivity contribution is 5.72. The fourth-order valence-electron chi connectivity index (χ4n) is 3.10. The molecule has 3 rings (SSSR count). The first kappa shape index (κ1) is 17.5. The minimum Gasteiger partial charge on any atom is -0.410 e. The van der Waals surface area contributed by atoms with Gasteiger partial charge >= 0.3 is 6.09 Å². The first-order valence-corrected chi connectivity index (χ1v) is 9.19. The lowest BCUT2D eigenvalue weighted by atomic mass is 9.97. The van der Waals surface area contributed by atoms with Gasteiger partial charge < -0.3 is 10.1 Å². The smallest absolute Gasteiger partial charge is 0.410 e. The topological polar surface area (TPSA) is 38.3 Å². The maximum Gasteiger partial charge on any atom is 0.413 e. The first-order chi connectivity index (χ1) is 12.0. The van der Waals surface area contributed by atoms with E-state index in [0.29, 0.717) is 5.92 Å². The van der Waals surface area contributed by atoms with Crippen LogP contribution in [-0.4, -0.2) is 6.09 Å². The van der Waals surface area contributed by atoms with Crippen molar-refractivity contribution in [3.05, 3.63) is 65.2 Å². The SMILES string of the molecule is CC(C)c1cccc(CC2CC2)c1OC(=O)NC(C)c1ccccc1. The lowest BCUT2D eigenvalue weighted by Gasteiger charge is -2.19. The Labute approximate surface area is 150 Å². The number of ether oxygens (including phenoxy) is 1. The molecule has 1 fully saturated rings. The Kier molecular flexibility index (Phi) is 5.42. The van der Waals surface area contributed by atoms with Crippen LogP contribution in [0.2, 0.25) is 0 Å². The predicted octanol–water partition coefficient (Wildman–Crippen LogP) is 5.61. The number of hydrogen-bond donors (Lipinski definition) is 1. The third kappa shape index (κ3) is 4.62. The van der Waals surface area contributed by atoms with Crippen LogP contribution in [0.1, 0.15) is 62.3 Å². The van der Waals surface area contributed by atoms with Gasteiger partial charge in [0, 0.05) is 0 Å². The van der Waals surface area contributed by atoms with E-state index in [1.165, 1.54) is 12.8 Å². The van der Waals surface area contributed by atoms with Gasteiger partial charge in [-0.05, 0) is 54.7 Å². The van der Waals surface area contributed by atoms with E-state index in [1.54, 1.807) is 0 Å². The van der Waals surface area contributed by atoms with Gasteiger partial charge in [-0.2, -0.15) is 0 Å². The van der Waals surface area contributed by atoms with Gasteiger partial charge in [-0.1, -0.05) is 62.4 Å². The molecule has 0 spiro atoms. The van der Waals surface area contributed by atoms with E-state index in [4.69, 9.17) is 4.74 Å². The van der Waals surface area contributed by atoms with Crippen molar-refractivity contribution in [2.45, 2.75) is 52.0 Å². The van der Waals surface area contributed by atoms with Crippen molar-refractivity contribution in [2.75, 3.05) is 0 Å². The van der Waals surface area contributed by atoms with Crippen molar-refractivity contribution in [3.63, 3.8) is 0 Å². The van der Waals surface area contributed by atoms with Crippen molar-refractivity contribution in [2.24, 2.45) is 5.92 Å². The molecule has 0 bridgehead atoms. The summed E-state index contributed by atoms with van der Waals surface area (Å²) < 4.78 is 5.81. The quantitative estimate of drug-likeness (QED) is 0.744. The summed E-state index contributed by atoms with van der Waals surface area (Å²) in [5, 5.41) is 2.95. The van der Waals surface area contributed by atoms with E-state index in [1.807, 2.05) is 37.3 Å². The summed E-state index contributed by atoms with van der Waals surface area (Å²) in [7, 11) is 0.